The fourth-order valence-electron chi connectivity index (χ4n) is 7.71. The highest BCUT2D eigenvalue weighted by Gasteiger charge is 2.59. The van der Waals surface area contributed by atoms with Gasteiger partial charge < -0.3 is 5.11 Å². The molecule has 4 aliphatic carbocycles. The number of fused-ring (bicyclic) bond motifs is 5. The second-order valence-corrected chi connectivity index (χ2v) is 9.72. The van der Waals surface area contributed by atoms with Crippen LogP contribution < -0.4 is 0 Å². The highest BCUT2D eigenvalue weighted by Crippen LogP contribution is 2.67. The SMILES string of the molecule is C[C@H]1C[C@H]2[C@@H]3CCC[C@@]3(C)CC[C@@H]2[C@@]2(C)CCC(O)CC12. The first-order chi connectivity index (χ1) is 9.94. The van der Waals surface area contributed by atoms with E-state index in [2.05, 4.69) is 20.8 Å². The van der Waals surface area contributed by atoms with Gasteiger partial charge in [0.2, 0.25) is 0 Å². The van der Waals surface area contributed by atoms with Crippen LogP contribution in [0.1, 0.15) is 78.6 Å². The maximum Gasteiger partial charge on any atom is 0.0543 e. The Balaban J connectivity index is 1.66. The largest absolute Gasteiger partial charge is 0.393 e. The zero-order valence-corrected chi connectivity index (χ0v) is 14.3. The average molecular weight is 290 g/mol. The predicted molar refractivity (Wildman–Crippen MR) is 86.9 cm³/mol. The van der Waals surface area contributed by atoms with Crippen LogP contribution in [-0.2, 0) is 0 Å². The van der Waals surface area contributed by atoms with Crippen LogP contribution in [0.15, 0.2) is 0 Å². The second kappa shape index (κ2) is 4.73. The lowest BCUT2D eigenvalue weighted by Gasteiger charge is -2.62. The molecule has 4 aliphatic rings. The molecular formula is C20H34O. The summed E-state index contributed by atoms with van der Waals surface area (Å²) >= 11 is 0. The number of hydrogen-bond acceptors (Lipinski definition) is 1. The Labute approximate surface area is 130 Å². The van der Waals surface area contributed by atoms with Crippen molar-refractivity contribution in [2.24, 2.45) is 40.4 Å². The highest BCUT2D eigenvalue weighted by atomic mass is 16.3. The Hall–Kier alpha value is -0.0400. The van der Waals surface area contributed by atoms with Crippen molar-refractivity contribution in [3.63, 3.8) is 0 Å². The van der Waals surface area contributed by atoms with Gasteiger partial charge in [-0.1, -0.05) is 27.2 Å². The molecule has 0 radical (unpaired) electrons. The van der Waals surface area contributed by atoms with Gasteiger partial charge in [0, 0.05) is 0 Å². The third-order valence-corrected chi connectivity index (χ3v) is 8.79. The lowest BCUT2D eigenvalue weighted by molar-refractivity contribution is -0.142. The van der Waals surface area contributed by atoms with Crippen LogP contribution in [0.25, 0.3) is 0 Å². The van der Waals surface area contributed by atoms with E-state index in [0.29, 0.717) is 10.8 Å². The van der Waals surface area contributed by atoms with Crippen molar-refractivity contribution in [2.75, 3.05) is 0 Å². The van der Waals surface area contributed by atoms with Gasteiger partial charge in [0.15, 0.2) is 0 Å². The van der Waals surface area contributed by atoms with Gasteiger partial charge in [0.25, 0.3) is 0 Å². The summed E-state index contributed by atoms with van der Waals surface area (Å²) in [7, 11) is 0. The Morgan fingerprint density at radius 2 is 1.67 bits per heavy atom. The monoisotopic (exact) mass is 290 g/mol. The summed E-state index contributed by atoms with van der Waals surface area (Å²) in [5.74, 6) is 4.59. The molecule has 0 aromatic heterocycles. The topological polar surface area (TPSA) is 20.2 Å². The Kier molecular flexibility index (Phi) is 3.27. The first kappa shape index (κ1) is 14.5. The molecule has 0 aliphatic heterocycles. The smallest absolute Gasteiger partial charge is 0.0543 e. The molecule has 0 heterocycles. The van der Waals surface area contributed by atoms with E-state index >= 15 is 0 Å². The number of hydrogen-bond donors (Lipinski definition) is 1. The van der Waals surface area contributed by atoms with Gasteiger partial charge in [-0.2, -0.15) is 0 Å². The molecule has 0 bridgehead atoms. The molecule has 0 aromatic carbocycles. The minimum atomic E-state index is -0.0117. The van der Waals surface area contributed by atoms with Crippen molar-refractivity contribution in [1.82, 2.24) is 0 Å². The van der Waals surface area contributed by atoms with Crippen molar-refractivity contribution in [3.8, 4) is 0 Å². The molecule has 0 amide bonds. The lowest BCUT2D eigenvalue weighted by Crippen LogP contribution is -2.55. The van der Waals surface area contributed by atoms with E-state index in [0.717, 1.165) is 42.4 Å². The first-order valence-corrected chi connectivity index (χ1v) is 9.62. The average Bonchev–Trinajstić information content (AvgIpc) is 2.83. The third kappa shape index (κ3) is 1.98. The maximum absolute atomic E-state index is 10.2. The normalized spacial score (nSPS) is 60.0. The van der Waals surface area contributed by atoms with Gasteiger partial charge in [-0.3, -0.25) is 0 Å². The molecule has 4 saturated carbocycles. The van der Waals surface area contributed by atoms with Crippen molar-refractivity contribution >= 4 is 0 Å². The van der Waals surface area contributed by atoms with Crippen LogP contribution >= 0.6 is 0 Å². The number of aliphatic hydroxyl groups is 1. The highest BCUT2D eigenvalue weighted by molar-refractivity contribution is 5.08. The summed E-state index contributed by atoms with van der Waals surface area (Å²) in [6.07, 6.45) is 12.3. The van der Waals surface area contributed by atoms with E-state index in [-0.39, 0.29) is 6.10 Å². The number of rotatable bonds is 0. The molecule has 1 nitrogen and oxygen atoms in total. The van der Waals surface area contributed by atoms with Gasteiger partial charge >= 0.3 is 0 Å². The van der Waals surface area contributed by atoms with Crippen LogP contribution in [0.2, 0.25) is 0 Å². The van der Waals surface area contributed by atoms with Crippen molar-refractivity contribution < 1.29 is 5.11 Å². The first-order valence-electron chi connectivity index (χ1n) is 9.62. The summed E-state index contributed by atoms with van der Waals surface area (Å²) in [4.78, 5) is 0. The summed E-state index contributed by atoms with van der Waals surface area (Å²) in [5.41, 5.74) is 1.21. The zero-order chi connectivity index (χ0) is 14.8. The molecule has 1 heteroatoms. The number of aliphatic hydroxyl groups excluding tert-OH is 1. The minimum Gasteiger partial charge on any atom is -0.393 e. The van der Waals surface area contributed by atoms with Crippen LogP contribution in [-0.4, -0.2) is 11.2 Å². The van der Waals surface area contributed by atoms with E-state index in [4.69, 9.17) is 0 Å². The standard InChI is InChI=1S/C20H34O/c1-13-11-15-16-5-4-8-19(16,2)9-7-17(15)20(3)10-6-14(21)12-18(13)20/h13-18,21H,4-12H2,1-3H3/t13-,14?,15-,16-,17-,18?,19-,20+/m0/s1. The molecule has 21 heavy (non-hydrogen) atoms. The molecule has 4 rings (SSSR count). The molecule has 0 saturated heterocycles. The summed E-state index contributed by atoms with van der Waals surface area (Å²) < 4.78 is 0. The van der Waals surface area contributed by atoms with Crippen LogP contribution in [0.5, 0.6) is 0 Å². The van der Waals surface area contributed by atoms with Crippen LogP contribution in [0, 0.1) is 40.4 Å². The van der Waals surface area contributed by atoms with Crippen LogP contribution in [0.4, 0.5) is 0 Å². The maximum atomic E-state index is 10.2. The molecule has 1 N–H and O–H groups in total. The summed E-state index contributed by atoms with van der Waals surface area (Å²) in [5, 5.41) is 10.2. The zero-order valence-electron chi connectivity index (χ0n) is 14.3. The fourth-order valence-corrected chi connectivity index (χ4v) is 7.71. The summed E-state index contributed by atoms with van der Waals surface area (Å²) in [6, 6.07) is 0. The fraction of sp³-hybridized carbons (Fsp3) is 1.00. The van der Waals surface area contributed by atoms with Gasteiger partial charge in [-0.25, -0.2) is 0 Å². The lowest BCUT2D eigenvalue weighted by atomic mass is 9.43. The van der Waals surface area contributed by atoms with E-state index in [1.807, 2.05) is 0 Å². The molecule has 120 valence electrons. The quantitative estimate of drug-likeness (QED) is 0.663. The van der Waals surface area contributed by atoms with Gasteiger partial charge in [0.05, 0.1) is 6.10 Å². The Bertz CT molecular complexity index is 418. The molecule has 4 fully saturated rings. The molecular weight excluding hydrogens is 256 g/mol. The predicted octanol–water partition coefficient (Wildman–Crippen LogP) is 5.03. The van der Waals surface area contributed by atoms with Gasteiger partial charge in [-0.05, 0) is 91.8 Å². The van der Waals surface area contributed by atoms with E-state index in [1.165, 1.54) is 44.9 Å². The van der Waals surface area contributed by atoms with Gasteiger partial charge in [0.1, 0.15) is 0 Å². The van der Waals surface area contributed by atoms with E-state index in [1.54, 1.807) is 0 Å². The van der Waals surface area contributed by atoms with E-state index < -0.39 is 0 Å². The Morgan fingerprint density at radius 1 is 0.857 bits per heavy atom. The van der Waals surface area contributed by atoms with Gasteiger partial charge in [-0.15, -0.1) is 0 Å². The van der Waals surface area contributed by atoms with Crippen molar-refractivity contribution in [1.29, 1.82) is 0 Å². The minimum absolute atomic E-state index is 0.0117. The van der Waals surface area contributed by atoms with E-state index in [9.17, 15) is 5.11 Å². The third-order valence-electron chi connectivity index (χ3n) is 8.79. The summed E-state index contributed by atoms with van der Waals surface area (Å²) in [6.45, 7) is 7.71. The molecule has 2 unspecified atom stereocenters. The molecule has 0 aromatic rings. The Morgan fingerprint density at radius 3 is 2.48 bits per heavy atom. The molecule has 0 spiro atoms. The van der Waals surface area contributed by atoms with Crippen molar-refractivity contribution in [2.45, 2.75) is 84.7 Å². The van der Waals surface area contributed by atoms with Crippen LogP contribution in [0.3, 0.4) is 0 Å². The second-order valence-electron chi connectivity index (χ2n) is 9.72. The van der Waals surface area contributed by atoms with Crippen molar-refractivity contribution in [3.05, 3.63) is 0 Å². The molecule has 8 atom stereocenters.